The standard InChI is InChI=1S/C15H19N3O4/c19-12(13-2-1-9-22-13)10-17-5-7-18(8-6-17)15(21)11-3-4-14(20)16-11/h1-2,9,11H,3-8,10H2,(H,16,20). The fraction of sp³-hybridized carbons (Fsp3) is 0.533. The van der Waals surface area contributed by atoms with Crippen LogP contribution in [0.1, 0.15) is 23.4 Å². The van der Waals surface area contributed by atoms with Crippen molar-refractivity contribution in [3.8, 4) is 0 Å². The number of rotatable bonds is 4. The molecule has 1 aromatic rings. The van der Waals surface area contributed by atoms with Gasteiger partial charge in [-0.25, -0.2) is 0 Å². The van der Waals surface area contributed by atoms with Crippen molar-refractivity contribution < 1.29 is 18.8 Å². The maximum Gasteiger partial charge on any atom is 0.245 e. The molecule has 3 heterocycles. The topological polar surface area (TPSA) is 82.9 Å². The Labute approximate surface area is 128 Å². The number of piperazine rings is 1. The monoisotopic (exact) mass is 305 g/mol. The van der Waals surface area contributed by atoms with E-state index in [2.05, 4.69) is 5.32 Å². The first-order chi connectivity index (χ1) is 10.6. The van der Waals surface area contributed by atoms with Crippen molar-refractivity contribution in [2.24, 2.45) is 0 Å². The van der Waals surface area contributed by atoms with Crippen molar-refractivity contribution >= 4 is 17.6 Å². The zero-order valence-corrected chi connectivity index (χ0v) is 12.3. The van der Waals surface area contributed by atoms with Crippen molar-refractivity contribution in [1.82, 2.24) is 15.1 Å². The molecule has 0 aliphatic carbocycles. The Balaban J connectivity index is 1.47. The minimum absolute atomic E-state index is 0.0112. The average Bonchev–Trinajstić information content (AvgIpc) is 3.18. The first-order valence-corrected chi connectivity index (χ1v) is 7.50. The summed E-state index contributed by atoms with van der Waals surface area (Å²) in [5, 5.41) is 2.70. The minimum Gasteiger partial charge on any atom is -0.461 e. The predicted molar refractivity (Wildman–Crippen MR) is 77.2 cm³/mol. The Bertz CT molecular complexity index is 561. The number of amides is 2. The molecule has 1 atom stereocenters. The molecule has 1 aromatic heterocycles. The number of carbonyl (C=O) groups excluding carboxylic acids is 3. The molecule has 1 unspecified atom stereocenters. The van der Waals surface area contributed by atoms with Crippen LogP contribution in [0.4, 0.5) is 0 Å². The van der Waals surface area contributed by atoms with Gasteiger partial charge in [0.1, 0.15) is 6.04 Å². The molecule has 0 spiro atoms. The Morgan fingerprint density at radius 2 is 2.05 bits per heavy atom. The average molecular weight is 305 g/mol. The lowest BCUT2D eigenvalue weighted by atomic mass is 10.2. The van der Waals surface area contributed by atoms with E-state index in [0.717, 1.165) is 0 Å². The van der Waals surface area contributed by atoms with Gasteiger partial charge in [0.15, 0.2) is 5.76 Å². The summed E-state index contributed by atoms with van der Waals surface area (Å²) in [4.78, 5) is 39.2. The summed E-state index contributed by atoms with van der Waals surface area (Å²) in [6.07, 6.45) is 2.49. The first-order valence-electron chi connectivity index (χ1n) is 7.50. The van der Waals surface area contributed by atoms with Gasteiger partial charge in [0, 0.05) is 32.6 Å². The molecule has 2 aliphatic rings. The fourth-order valence-corrected chi connectivity index (χ4v) is 2.86. The normalized spacial score (nSPS) is 22.6. The van der Waals surface area contributed by atoms with Gasteiger partial charge in [-0.3, -0.25) is 19.3 Å². The highest BCUT2D eigenvalue weighted by Gasteiger charge is 2.32. The molecule has 2 amide bonds. The summed E-state index contributed by atoms with van der Waals surface area (Å²) in [6, 6.07) is 2.98. The third-order valence-corrected chi connectivity index (χ3v) is 4.14. The fourth-order valence-electron chi connectivity index (χ4n) is 2.86. The van der Waals surface area contributed by atoms with Crippen molar-refractivity contribution in [1.29, 1.82) is 0 Å². The molecule has 0 aromatic carbocycles. The molecule has 7 nitrogen and oxygen atoms in total. The van der Waals surface area contributed by atoms with E-state index in [-0.39, 0.29) is 23.6 Å². The first kappa shape index (κ1) is 14.8. The predicted octanol–water partition coefficient (Wildman–Crippen LogP) is -0.115. The molecule has 1 N–H and O–H groups in total. The number of hydrogen-bond acceptors (Lipinski definition) is 5. The molecule has 2 fully saturated rings. The SMILES string of the molecule is O=C1CCC(C(=O)N2CCN(CC(=O)c3ccco3)CC2)N1. The van der Waals surface area contributed by atoms with Crippen LogP contribution in [-0.2, 0) is 9.59 Å². The van der Waals surface area contributed by atoms with E-state index in [1.54, 1.807) is 17.0 Å². The highest BCUT2D eigenvalue weighted by atomic mass is 16.3. The second kappa shape index (κ2) is 6.31. The zero-order valence-electron chi connectivity index (χ0n) is 12.3. The largest absolute Gasteiger partial charge is 0.461 e. The summed E-state index contributed by atoms with van der Waals surface area (Å²) in [6.45, 7) is 2.76. The van der Waals surface area contributed by atoms with Crippen LogP contribution in [-0.4, -0.2) is 66.2 Å². The van der Waals surface area contributed by atoms with Crippen molar-refractivity contribution in [3.63, 3.8) is 0 Å². The molecule has 0 radical (unpaired) electrons. The highest BCUT2D eigenvalue weighted by Crippen LogP contribution is 2.12. The van der Waals surface area contributed by atoms with Gasteiger partial charge in [-0.15, -0.1) is 0 Å². The van der Waals surface area contributed by atoms with E-state index in [9.17, 15) is 14.4 Å². The molecule has 0 bridgehead atoms. The molecule has 22 heavy (non-hydrogen) atoms. The van der Waals surface area contributed by atoms with Crippen molar-refractivity contribution in [2.45, 2.75) is 18.9 Å². The van der Waals surface area contributed by atoms with E-state index >= 15 is 0 Å². The van der Waals surface area contributed by atoms with Crippen LogP contribution in [0, 0.1) is 0 Å². The summed E-state index contributed by atoms with van der Waals surface area (Å²) in [5.74, 6) is 0.254. The lowest BCUT2D eigenvalue weighted by molar-refractivity contribution is -0.135. The second-order valence-electron chi connectivity index (χ2n) is 5.66. The number of nitrogens with one attached hydrogen (secondary N) is 1. The Hall–Kier alpha value is -2.15. The van der Waals surface area contributed by atoms with E-state index in [0.29, 0.717) is 51.3 Å². The Morgan fingerprint density at radius 1 is 1.27 bits per heavy atom. The molecule has 118 valence electrons. The zero-order chi connectivity index (χ0) is 15.5. The van der Waals surface area contributed by atoms with E-state index < -0.39 is 0 Å². The van der Waals surface area contributed by atoms with Crippen LogP contribution in [0.2, 0.25) is 0 Å². The smallest absolute Gasteiger partial charge is 0.245 e. The number of Topliss-reactive ketones (excluding diaryl/α,β-unsaturated/α-hetero) is 1. The number of ketones is 1. The minimum atomic E-state index is -0.371. The summed E-state index contributed by atoms with van der Waals surface area (Å²) in [7, 11) is 0. The van der Waals surface area contributed by atoms with Gasteiger partial charge in [0.05, 0.1) is 12.8 Å². The van der Waals surface area contributed by atoms with Crippen LogP contribution in [0.3, 0.4) is 0 Å². The van der Waals surface area contributed by atoms with Gasteiger partial charge >= 0.3 is 0 Å². The second-order valence-corrected chi connectivity index (χ2v) is 5.66. The van der Waals surface area contributed by atoms with Crippen LogP contribution in [0.25, 0.3) is 0 Å². The summed E-state index contributed by atoms with van der Waals surface area (Å²) < 4.78 is 5.09. The van der Waals surface area contributed by atoms with Gasteiger partial charge in [-0.1, -0.05) is 0 Å². The maximum absolute atomic E-state index is 12.3. The molecule has 2 aliphatic heterocycles. The highest BCUT2D eigenvalue weighted by molar-refractivity contribution is 5.95. The van der Waals surface area contributed by atoms with Crippen LogP contribution in [0.15, 0.2) is 22.8 Å². The van der Waals surface area contributed by atoms with Crippen LogP contribution < -0.4 is 5.32 Å². The Morgan fingerprint density at radius 3 is 2.64 bits per heavy atom. The number of carbonyl (C=O) groups is 3. The molecule has 2 saturated heterocycles. The van der Waals surface area contributed by atoms with Crippen molar-refractivity contribution in [3.05, 3.63) is 24.2 Å². The Kier molecular flexibility index (Phi) is 4.24. The van der Waals surface area contributed by atoms with Crippen molar-refractivity contribution in [2.75, 3.05) is 32.7 Å². The molecule has 7 heteroatoms. The summed E-state index contributed by atoms with van der Waals surface area (Å²) in [5.41, 5.74) is 0. The van der Waals surface area contributed by atoms with Crippen LogP contribution >= 0.6 is 0 Å². The third-order valence-electron chi connectivity index (χ3n) is 4.14. The maximum atomic E-state index is 12.3. The summed E-state index contributed by atoms with van der Waals surface area (Å²) >= 11 is 0. The lowest BCUT2D eigenvalue weighted by Gasteiger charge is -2.35. The molecule has 0 saturated carbocycles. The molecular formula is C15H19N3O4. The molecule has 3 rings (SSSR count). The van der Waals surface area contributed by atoms with Crippen LogP contribution in [0.5, 0.6) is 0 Å². The van der Waals surface area contributed by atoms with Gasteiger partial charge < -0.3 is 14.6 Å². The van der Waals surface area contributed by atoms with E-state index in [4.69, 9.17) is 4.42 Å². The molecular weight excluding hydrogens is 286 g/mol. The van der Waals surface area contributed by atoms with Gasteiger partial charge in [-0.05, 0) is 18.6 Å². The van der Waals surface area contributed by atoms with Gasteiger partial charge in [0.2, 0.25) is 17.6 Å². The van der Waals surface area contributed by atoms with E-state index in [1.807, 2.05) is 4.90 Å². The number of furan rings is 1. The third kappa shape index (κ3) is 3.19. The number of hydrogen-bond donors (Lipinski definition) is 1. The van der Waals surface area contributed by atoms with E-state index in [1.165, 1.54) is 6.26 Å². The number of nitrogens with zero attached hydrogens (tertiary/aromatic N) is 2. The van der Waals surface area contributed by atoms with Gasteiger partial charge in [-0.2, -0.15) is 0 Å². The van der Waals surface area contributed by atoms with Gasteiger partial charge in [0.25, 0.3) is 0 Å². The quantitative estimate of drug-likeness (QED) is 0.785. The lowest BCUT2D eigenvalue weighted by Crippen LogP contribution is -2.53.